The molecule has 0 aliphatic carbocycles. The van der Waals surface area contributed by atoms with E-state index in [4.69, 9.17) is 5.07 Å². The van der Waals surface area contributed by atoms with Gasteiger partial charge in [0.2, 0.25) is 0 Å². The third kappa shape index (κ3) is 25.8. The molecule has 1 aromatic rings. The quantitative estimate of drug-likeness (QED) is 0.0621. The van der Waals surface area contributed by atoms with Crippen molar-refractivity contribution >= 4 is 10.1 Å². The van der Waals surface area contributed by atoms with Crippen molar-refractivity contribution in [3.8, 4) is 0 Å². The first-order valence-corrected chi connectivity index (χ1v) is 27.0. The van der Waals surface area contributed by atoms with Crippen LogP contribution in [-0.2, 0) is 59.9 Å². The van der Waals surface area contributed by atoms with Crippen LogP contribution in [0.1, 0.15) is 244 Å². The molecule has 0 atom stereocenters. The number of rotatable bonds is 38. The van der Waals surface area contributed by atoms with E-state index >= 15 is 0 Å². The molecule has 0 aliphatic rings. The molecule has 0 heterocycles. The summed E-state index contributed by atoms with van der Waals surface area (Å²) in [4.78, 5) is 0.235. The molecule has 5 nitrogen and oxygen atoms in total. The molecule has 0 saturated heterocycles. The Morgan fingerprint density at radius 3 is 1.17 bits per heavy atom. The second-order valence-corrected chi connectivity index (χ2v) is 20.5. The molecule has 304 valence electrons. The number of hydrogen-bond donors (Lipinski definition) is 0. The summed E-state index contributed by atoms with van der Waals surface area (Å²) < 4.78 is 50.8. The van der Waals surface area contributed by atoms with Gasteiger partial charge in [-0.15, -0.1) is 0 Å². The van der Waals surface area contributed by atoms with Crippen molar-refractivity contribution in [2.75, 3.05) is 0 Å². The molecule has 0 radical (unpaired) electrons. The summed E-state index contributed by atoms with van der Waals surface area (Å²) in [5.41, 5.74) is 3.48. The average Bonchev–Trinajstić information content (AvgIpc) is 3.10. The molecule has 0 saturated carbocycles. The van der Waals surface area contributed by atoms with E-state index in [0.29, 0.717) is 0 Å². The van der Waals surface area contributed by atoms with Gasteiger partial charge in [0.25, 0.3) is 0 Å². The van der Waals surface area contributed by atoms with Gasteiger partial charge in [0.05, 0.1) is 0 Å². The second kappa shape index (κ2) is 34.1. The Morgan fingerprint density at radius 2 is 0.808 bits per heavy atom. The Balaban J connectivity index is 3.04. The minimum atomic E-state index is -4.22. The van der Waals surface area contributed by atoms with Crippen LogP contribution >= 0.6 is 0 Å². The minimum absolute atomic E-state index is 0.235. The van der Waals surface area contributed by atoms with Gasteiger partial charge in [-0.25, -0.2) is 0 Å². The number of benzene rings is 1. The van der Waals surface area contributed by atoms with E-state index in [0.717, 1.165) is 50.5 Å². The van der Waals surface area contributed by atoms with Crippen LogP contribution in [0, 0.1) is 0 Å². The first-order valence-electron chi connectivity index (χ1n) is 22.5. The first-order chi connectivity index (χ1) is 25.3. The zero-order valence-corrected chi connectivity index (χ0v) is 38.3. The standard InChI is InChI=1S/C42H78O3S.C3H7O.O.Zr/c1-4-7-10-13-16-19-22-25-28-31-34-39-37-38-42(46(43,44)45)41(36-33-30-27-24-21-18-15-12-9-6-3)40(39)35-32-29-26-23-20-17-14-11-8-5-2;1-3(2)4;;/h37-38H,4-36H2,1-3H3,(H,43,44,45);3H,1-2H3;;/q;-1;;+2/p-1. The zero-order valence-electron chi connectivity index (χ0n) is 35.0. The zero-order chi connectivity index (χ0) is 38.1. The van der Waals surface area contributed by atoms with Crippen molar-refractivity contribution in [3.05, 3.63) is 28.8 Å². The van der Waals surface area contributed by atoms with Crippen molar-refractivity contribution in [1.29, 1.82) is 0 Å². The van der Waals surface area contributed by atoms with Crippen LogP contribution in [0.25, 0.3) is 0 Å². The van der Waals surface area contributed by atoms with E-state index in [9.17, 15) is 11.2 Å². The predicted molar refractivity (Wildman–Crippen MR) is 218 cm³/mol. The van der Waals surface area contributed by atoms with Gasteiger partial charge >= 0.3 is 238 Å². The van der Waals surface area contributed by atoms with E-state index in [1.165, 1.54) is 178 Å². The SMILES string of the molecule is CCCCCCCCCCCCc1ccc(S(=O)(=O)[O][Zr](=[O])[O]C(C)C)c(CCCCCCCCCCCC)c1CCCCCCCCCCCC. The maximum absolute atomic E-state index is 13.7. The molecule has 1 aromatic carbocycles. The summed E-state index contributed by atoms with van der Waals surface area (Å²) in [6.07, 6.45) is 40.7. The fourth-order valence-corrected chi connectivity index (χ4v) is 11.8. The molecular formula is C45H84O5SZr. The third-order valence-electron chi connectivity index (χ3n) is 10.6. The third-order valence-corrected chi connectivity index (χ3v) is 16.2. The smallest absolute Gasteiger partial charge is 0.0654 e. The fourth-order valence-electron chi connectivity index (χ4n) is 7.50. The summed E-state index contributed by atoms with van der Waals surface area (Å²) in [7, 11) is -4.18. The number of aryl methyl sites for hydroxylation is 1. The molecule has 7 heteroatoms. The van der Waals surface area contributed by atoms with Crippen LogP contribution in [0.4, 0.5) is 0 Å². The summed E-state index contributed by atoms with van der Waals surface area (Å²) in [6.45, 7) is 10.3. The molecule has 1 rings (SSSR count). The van der Waals surface area contributed by atoms with Crippen molar-refractivity contribution in [3.63, 3.8) is 0 Å². The van der Waals surface area contributed by atoms with E-state index in [-0.39, 0.29) is 11.0 Å². The van der Waals surface area contributed by atoms with Crippen LogP contribution in [0.3, 0.4) is 0 Å². The van der Waals surface area contributed by atoms with Gasteiger partial charge in [-0.3, -0.25) is 0 Å². The Morgan fingerprint density at radius 1 is 0.481 bits per heavy atom. The average molecular weight is 828 g/mol. The molecule has 0 aliphatic heterocycles. The normalized spacial score (nSPS) is 12.0. The number of unbranched alkanes of at least 4 members (excludes halogenated alkanes) is 27. The maximum atomic E-state index is 13.7. The van der Waals surface area contributed by atoms with Crippen molar-refractivity contribution in [1.82, 2.24) is 0 Å². The van der Waals surface area contributed by atoms with Crippen molar-refractivity contribution in [2.24, 2.45) is 0 Å². The van der Waals surface area contributed by atoms with Crippen molar-refractivity contribution < 1.29 is 38.9 Å². The molecule has 0 spiro atoms. The van der Waals surface area contributed by atoms with E-state index in [1.54, 1.807) is 19.9 Å². The van der Waals surface area contributed by atoms with Gasteiger partial charge in [0, 0.05) is 0 Å². The molecular weight excluding hydrogens is 744 g/mol. The van der Waals surface area contributed by atoms with Crippen LogP contribution < -0.4 is 0 Å². The molecule has 0 bridgehead atoms. The van der Waals surface area contributed by atoms with Crippen LogP contribution in [0.15, 0.2) is 17.0 Å². The van der Waals surface area contributed by atoms with Crippen LogP contribution in [-0.4, -0.2) is 14.5 Å². The topological polar surface area (TPSA) is 69.7 Å². The molecule has 52 heavy (non-hydrogen) atoms. The monoisotopic (exact) mass is 827 g/mol. The van der Waals surface area contributed by atoms with Gasteiger partial charge in [0.1, 0.15) is 0 Å². The van der Waals surface area contributed by atoms with Gasteiger partial charge < -0.3 is 0 Å². The molecule has 0 unspecified atom stereocenters. The Kier molecular flexibility index (Phi) is 32.6. The Labute approximate surface area is 333 Å². The second-order valence-electron chi connectivity index (χ2n) is 15.9. The van der Waals surface area contributed by atoms with Gasteiger partial charge in [-0.05, 0) is 0 Å². The summed E-state index contributed by atoms with van der Waals surface area (Å²) >= 11 is -4.22. The molecule has 0 aromatic heterocycles. The van der Waals surface area contributed by atoms with E-state index in [2.05, 4.69) is 26.8 Å². The van der Waals surface area contributed by atoms with Gasteiger partial charge in [-0.2, -0.15) is 0 Å². The van der Waals surface area contributed by atoms with E-state index in [1.807, 2.05) is 0 Å². The molecule has 0 N–H and O–H groups in total. The minimum Gasteiger partial charge on any atom is -0.0654 e. The van der Waals surface area contributed by atoms with E-state index < -0.39 is 32.8 Å². The summed E-state index contributed by atoms with van der Waals surface area (Å²) in [5, 5.41) is 0. The van der Waals surface area contributed by atoms with Crippen LogP contribution in [0.2, 0.25) is 0 Å². The summed E-state index contributed by atoms with van der Waals surface area (Å²) in [6, 6.07) is 3.81. The summed E-state index contributed by atoms with van der Waals surface area (Å²) in [5.74, 6) is 0. The van der Waals surface area contributed by atoms with Crippen LogP contribution in [0.5, 0.6) is 0 Å². The van der Waals surface area contributed by atoms with Gasteiger partial charge in [0.15, 0.2) is 0 Å². The Bertz CT molecular complexity index is 1100. The molecule has 0 amide bonds. The Hall–Kier alpha value is -0.227. The van der Waals surface area contributed by atoms with Crippen molar-refractivity contribution in [2.45, 2.75) is 258 Å². The number of hydrogen-bond acceptors (Lipinski definition) is 5. The predicted octanol–water partition coefficient (Wildman–Crippen LogP) is 15.0. The fraction of sp³-hybridized carbons (Fsp3) is 0.867. The molecule has 0 fully saturated rings. The van der Waals surface area contributed by atoms with Gasteiger partial charge in [-0.1, -0.05) is 97.8 Å². The first kappa shape index (κ1) is 49.8.